The molecule has 9 heteroatoms. The molecule has 0 saturated carbocycles. The minimum absolute atomic E-state index is 0.218. The van der Waals surface area contributed by atoms with Crippen LogP contribution in [0.25, 0.3) is 0 Å². The number of alkyl halides is 3. The van der Waals surface area contributed by atoms with Crippen molar-refractivity contribution in [1.82, 2.24) is 0 Å². The number of benzene rings is 1. The van der Waals surface area contributed by atoms with Crippen molar-refractivity contribution in [3.63, 3.8) is 0 Å². The molecule has 0 bridgehead atoms. The van der Waals surface area contributed by atoms with E-state index in [1.165, 1.54) is 0 Å². The van der Waals surface area contributed by atoms with E-state index >= 15 is 0 Å². The van der Waals surface area contributed by atoms with Crippen molar-refractivity contribution in [3.8, 4) is 0 Å². The lowest BCUT2D eigenvalue weighted by molar-refractivity contribution is -0.140. The first kappa shape index (κ1) is 13.7. The summed E-state index contributed by atoms with van der Waals surface area (Å²) in [5.74, 6) is -1.71. The van der Waals surface area contributed by atoms with Gasteiger partial charge in [0.2, 0.25) is 0 Å². The zero-order chi connectivity index (χ0) is 12.7. The number of halogens is 6. The Morgan fingerprint density at radius 3 is 2.06 bits per heavy atom. The maximum absolute atomic E-state index is 13.1. The van der Waals surface area contributed by atoms with Gasteiger partial charge >= 0.3 is 6.18 Å². The second-order valence-corrected chi connectivity index (χ2v) is 6.12. The Bertz CT molecular complexity index is 503. The molecule has 0 radical (unpaired) electrons. The van der Waals surface area contributed by atoms with E-state index in [9.17, 15) is 26.0 Å². The molecule has 0 heterocycles. The predicted molar refractivity (Wildman–Crippen MR) is 52.1 cm³/mol. The summed E-state index contributed by atoms with van der Waals surface area (Å²) in [4.78, 5) is -0.744. The highest BCUT2D eigenvalue weighted by Crippen LogP contribution is 2.38. The van der Waals surface area contributed by atoms with Crippen molar-refractivity contribution in [2.24, 2.45) is 0 Å². The van der Waals surface area contributed by atoms with E-state index in [1.54, 1.807) is 0 Å². The van der Waals surface area contributed by atoms with Crippen molar-refractivity contribution in [2.75, 3.05) is 0 Å². The molecule has 0 saturated heterocycles. The number of rotatable bonds is 1. The van der Waals surface area contributed by atoms with Gasteiger partial charge in [-0.1, -0.05) is 15.9 Å². The first-order valence-electron chi connectivity index (χ1n) is 3.54. The van der Waals surface area contributed by atoms with Crippen LogP contribution in [0.3, 0.4) is 0 Å². The molecular formula is C7H2BrClF4O2S. The van der Waals surface area contributed by atoms with Gasteiger partial charge in [-0.15, -0.1) is 0 Å². The van der Waals surface area contributed by atoms with Crippen LogP contribution in [0.2, 0.25) is 0 Å². The Morgan fingerprint density at radius 1 is 1.25 bits per heavy atom. The van der Waals surface area contributed by atoms with Gasteiger partial charge in [-0.25, -0.2) is 12.8 Å². The lowest BCUT2D eigenvalue weighted by Crippen LogP contribution is -2.10. The fourth-order valence-electron chi connectivity index (χ4n) is 0.961. The third-order valence-electron chi connectivity index (χ3n) is 1.58. The summed E-state index contributed by atoms with van der Waals surface area (Å²) < 4.78 is 70.8. The largest absolute Gasteiger partial charge is 0.420 e. The first-order valence-corrected chi connectivity index (χ1v) is 6.64. The van der Waals surface area contributed by atoms with Crippen LogP contribution in [0.5, 0.6) is 0 Å². The van der Waals surface area contributed by atoms with Crippen molar-refractivity contribution < 1.29 is 26.0 Å². The Labute approximate surface area is 101 Å². The standard InChI is InChI=1S/C7H2BrClF4O2S/c8-4-1-3(16(9,14)15)2-5(10)6(4)7(11,12)13/h1-2H. The average molecular weight is 342 g/mol. The van der Waals surface area contributed by atoms with E-state index in [1.807, 2.05) is 0 Å². The normalized spacial score (nSPS) is 12.9. The van der Waals surface area contributed by atoms with Crippen LogP contribution in [0.4, 0.5) is 17.6 Å². The Hall–Kier alpha value is -0.340. The predicted octanol–water partition coefficient (Wildman–Crippen LogP) is 3.53. The van der Waals surface area contributed by atoms with Gasteiger partial charge in [0.1, 0.15) is 11.4 Å². The van der Waals surface area contributed by atoms with Gasteiger partial charge in [0.15, 0.2) is 0 Å². The van der Waals surface area contributed by atoms with Crippen LogP contribution < -0.4 is 0 Å². The van der Waals surface area contributed by atoms with Gasteiger partial charge in [0, 0.05) is 15.2 Å². The summed E-state index contributed by atoms with van der Waals surface area (Å²) >= 11 is 2.44. The van der Waals surface area contributed by atoms with Gasteiger partial charge in [-0.2, -0.15) is 13.2 Å². The molecular weight excluding hydrogens is 339 g/mol. The summed E-state index contributed by atoms with van der Waals surface area (Å²) in [6.07, 6.45) is -4.92. The van der Waals surface area contributed by atoms with Gasteiger partial charge < -0.3 is 0 Å². The average Bonchev–Trinajstić information content (AvgIpc) is 1.97. The van der Waals surface area contributed by atoms with E-state index in [4.69, 9.17) is 10.7 Å². The fourth-order valence-corrected chi connectivity index (χ4v) is 2.54. The zero-order valence-electron chi connectivity index (χ0n) is 7.15. The van der Waals surface area contributed by atoms with Crippen LogP contribution in [-0.4, -0.2) is 8.42 Å². The van der Waals surface area contributed by atoms with E-state index < -0.39 is 36.0 Å². The summed E-state index contributed by atoms with van der Waals surface area (Å²) in [6, 6.07) is 0.810. The third kappa shape index (κ3) is 2.86. The molecule has 0 aliphatic rings. The van der Waals surface area contributed by atoms with E-state index in [0.29, 0.717) is 6.07 Å². The minimum atomic E-state index is -4.92. The molecule has 0 N–H and O–H groups in total. The molecule has 1 aromatic rings. The maximum atomic E-state index is 13.1. The van der Waals surface area contributed by atoms with Crippen molar-refractivity contribution >= 4 is 35.7 Å². The van der Waals surface area contributed by atoms with Crippen LogP contribution in [0.1, 0.15) is 5.56 Å². The fraction of sp³-hybridized carbons (Fsp3) is 0.143. The molecule has 0 aliphatic heterocycles. The van der Waals surface area contributed by atoms with Crippen LogP contribution in [-0.2, 0) is 15.2 Å². The van der Waals surface area contributed by atoms with E-state index in [0.717, 1.165) is 0 Å². The summed E-state index contributed by atoms with van der Waals surface area (Å²) in [5, 5.41) is 0. The second-order valence-electron chi connectivity index (χ2n) is 2.70. The molecule has 0 aromatic heterocycles. The molecule has 16 heavy (non-hydrogen) atoms. The number of hydrogen-bond acceptors (Lipinski definition) is 2. The lowest BCUT2D eigenvalue weighted by atomic mass is 10.2. The summed E-state index contributed by atoms with van der Waals surface area (Å²) in [5.41, 5.74) is -1.57. The summed E-state index contributed by atoms with van der Waals surface area (Å²) in [7, 11) is 0.597. The summed E-state index contributed by atoms with van der Waals surface area (Å²) in [6.45, 7) is 0. The monoisotopic (exact) mass is 340 g/mol. The van der Waals surface area contributed by atoms with Crippen LogP contribution in [0.15, 0.2) is 21.5 Å². The topological polar surface area (TPSA) is 34.1 Å². The SMILES string of the molecule is O=S(=O)(Cl)c1cc(F)c(C(F)(F)F)c(Br)c1. The molecule has 0 atom stereocenters. The van der Waals surface area contributed by atoms with Crippen molar-refractivity contribution in [3.05, 3.63) is 28.0 Å². The molecule has 1 aromatic carbocycles. The van der Waals surface area contributed by atoms with Gasteiger partial charge in [0.25, 0.3) is 9.05 Å². The van der Waals surface area contributed by atoms with Crippen LogP contribution >= 0.6 is 26.6 Å². The molecule has 90 valence electrons. The third-order valence-corrected chi connectivity index (χ3v) is 3.54. The van der Waals surface area contributed by atoms with Gasteiger partial charge in [-0.05, 0) is 12.1 Å². The first-order chi connectivity index (χ1) is 7.03. The molecule has 0 unspecified atom stereocenters. The molecule has 2 nitrogen and oxygen atoms in total. The smallest absolute Gasteiger partial charge is 0.207 e. The van der Waals surface area contributed by atoms with Crippen LogP contribution in [0, 0.1) is 5.82 Å². The van der Waals surface area contributed by atoms with E-state index in [-0.39, 0.29) is 6.07 Å². The second kappa shape index (κ2) is 4.15. The number of hydrogen-bond donors (Lipinski definition) is 0. The molecule has 0 aliphatic carbocycles. The highest BCUT2D eigenvalue weighted by atomic mass is 79.9. The molecule has 1 rings (SSSR count). The molecule has 0 fully saturated rings. The molecule has 0 spiro atoms. The van der Waals surface area contributed by atoms with Crippen molar-refractivity contribution in [2.45, 2.75) is 11.1 Å². The zero-order valence-corrected chi connectivity index (χ0v) is 10.3. The van der Waals surface area contributed by atoms with Gasteiger partial charge in [0.05, 0.1) is 4.90 Å². The Morgan fingerprint density at radius 2 is 1.75 bits per heavy atom. The molecule has 0 amide bonds. The van der Waals surface area contributed by atoms with E-state index in [2.05, 4.69) is 15.9 Å². The van der Waals surface area contributed by atoms with Gasteiger partial charge in [-0.3, -0.25) is 0 Å². The maximum Gasteiger partial charge on any atom is 0.420 e. The minimum Gasteiger partial charge on any atom is -0.207 e. The van der Waals surface area contributed by atoms with Crippen molar-refractivity contribution in [1.29, 1.82) is 0 Å². The quantitative estimate of drug-likeness (QED) is 0.578. The highest BCUT2D eigenvalue weighted by molar-refractivity contribution is 9.10. The Kier molecular flexibility index (Phi) is 3.56. The Balaban J connectivity index is 3.53. The lowest BCUT2D eigenvalue weighted by Gasteiger charge is -2.10. The highest BCUT2D eigenvalue weighted by Gasteiger charge is 2.37.